The maximum absolute atomic E-state index is 5.89. The molecular weight excluding hydrogens is 169 g/mol. The van der Waals surface area contributed by atoms with Crippen molar-refractivity contribution in [1.29, 1.82) is 0 Å². The highest BCUT2D eigenvalue weighted by atomic mass is 35.5. The number of alkyl halides is 1. The van der Waals surface area contributed by atoms with Crippen LogP contribution < -0.4 is 5.32 Å². The molecule has 62 valence electrons. The molecule has 1 saturated heterocycles. The molecule has 2 atom stereocenters. The van der Waals surface area contributed by atoms with Crippen LogP contribution in [0.2, 0.25) is 0 Å². The fourth-order valence-corrected chi connectivity index (χ4v) is 1.49. The van der Waals surface area contributed by atoms with Crippen LogP contribution in [0.25, 0.3) is 0 Å². The summed E-state index contributed by atoms with van der Waals surface area (Å²) in [6.07, 6.45) is 3.92. The van der Waals surface area contributed by atoms with Crippen LogP contribution in [-0.4, -0.2) is 18.0 Å². The Bertz CT molecular complexity index is 79.7. The molecule has 0 saturated carbocycles. The molecule has 0 aliphatic carbocycles. The largest absolute Gasteiger partial charge is 0.313 e. The molecule has 3 heteroatoms. The molecule has 0 radical (unpaired) electrons. The second-order valence-electron chi connectivity index (χ2n) is 2.73. The Morgan fingerprint density at radius 2 is 2.20 bits per heavy atom. The number of rotatable bonds is 1. The lowest BCUT2D eigenvalue weighted by atomic mass is 10.0. The molecule has 0 amide bonds. The molecule has 1 aliphatic rings. The topological polar surface area (TPSA) is 12.0 Å². The quantitative estimate of drug-likeness (QED) is 0.616. The van der Waals surface area contributed by atoms with Crippen molar-refractivity contribution < 1.29 is 0 Å². The van der Waals surface area contributed by atoms with Crippen LogP contribution in [-0.2, 0) is 0 Å². The molecule has 1 aliphatic heterocycles. The van der Waals surface area contributed by atoms with E-state index in [2.05, 4.69) is 12.2 Å². The van der Waals surface area contributed by atoms with E-state index in [4.69, 9.17) is 11.6 Å². The number of halogens is 2. The predicted molar refractivity (Wildman–Crippen MR) is 48.2 cm³/mol. The third kappa shape index (κ3) is 3.09. The minimum Gasteiger partial charge on any atom is -0.313 e. The molecule has 0 aromatic carbocycles. The minimum absolute atomic E-state index is 0. The summed E-state index contributed by atoms with van der Waals surface area (Å²) >= 11 is 5.89. The van der Waals surface area contributed by atoms with Crippen molar-refractivity contribution in [2.75, 3.05) is 6.54 Å². The summed E-state index contributed by atoms with van der Waals surface area (Å²) in [5, 5.41) is 3.68. The molecule has 0 aromatic heterocycles. The molecule has 0 spiro atoms. The van der Waals surface area contributed by atoms with Gasteiger partial charge in [0.2, 0.25) is 0 Å². The van der Waals surface area contributed by atoms with E-state index in [1.165, 1.54) is 19.3 Å². The molecule has 0 aromatic rings. The highest BCUT2D eigenvalue weighted by Gasteiger charge is 2.16. The lowest BCUT2D eigenvalue weighted by Gasteiger charge is -2.25. The first-order valence-electron chi connectivity index (χ1n) is 3.68. The minimum atomic E-state index is 0. The van der Waals surface area contributed by atoms with Gasteiger partial charge >= 0.3 is 0 Å². The maximum atomic E-state index is 5.89. The van der Waals surface area contributed by atoms with E-state index in [1.54, 1.807) is 0 Å². The number of piperidine rings is 1. The Kier molecular flexibility index (Phi) is 5.51. The Morgan fingerprint density at radius 3 is 2.50 bits per heavy atom. The van der Waals surface area contributed by atoms with Crippen LogP contribution >= 0.6 is 24.0 Å². The summed E-state index contributed by atoms with van der Waals surface area (Å²) in [4.78, 5) is 0. The zero-order valence-corrected chi connectivity index (χ0v) is 7.84. The summed E-state index contributed by atoms with van der Waals surface area (Å²) in [5.41, 5.74) is 0. The van der Waals surface area contributed by atoms with Crippen molar-refractivity contribution in [1.82, 2.24) is 5.32 Å². The smallest absolute Gasteiger partial charge is 0.0461 e. The predicted octanol–water partition coefficient (Wildman–Crippen LogP) is 2.18. The second-order valence-corrected chi connectivity index (χ2v) is 3.42. The second kappa shape index (κ2) is 5.22. The van der Waals surface area contributed by atoms with Gasteiger partial charge in [-0.1, -0.05) is 6.42 Å². The highest BCUT2D eigenvalue weighted by molar-refractivity contribution is 6.20. The first kappa shape index (κ1) is 10.5. The van der Waals surface area contributed by atoms with Crippen LogP contribution in [0.4, 0.5) is 0 Å². The van der Waals surface area contributed by atoms with Gasteiger partial charge in [-0.2, -0.15) is 0 Å². The summed E-state index contributed by atoms with van der Waals surface area (Å²) in [6.45, 7) is 3.21. The molecular formula is C7H15Cl2N. The van der Waals surface area contributed by atoms with Crippen molar-refractivity contribution in [2.45, 2.75) is 37.6 Å². The van der Waals surface area contributed by atoms with Gasteiger partial charge in [-0.25, -0.2) is 0 Å². The molecule has 1 heterocycles. The van der Waals surface area contributed by atoms with Gasteiger partial charge in [-0.05, 0) is 26.3 Å². The van der Waals surface area contributed by atoms with Gasteiger partial charge in [0.25, 0.3) is 0 Å². The van der Waals surface area contributed by atoms with Crippen molar-refractivity contribution >= 4 is 24.0 Å². The van der Waals surface area contributed by atoms with Gasteiger partial charge < -0.3 is 5.32 Å². The van der Waals surface area contributed by atoms with Crippen molar-refractivity contribution in [3.63, 3.8) is 0 Å². The summed E-state index contributed by atoms with van der Waals surface area (Å²) in [7, 11) is 0. The molecule has 1 fully saturated rings. The van der Waals surface area contributed by atoms with E-state index >= 15 is 0 Å². The molecule has 1 unspecified atom stereocenters. The van der Waals surface area contributed by atoms with Gasteiger partial charge in [-0.15, -0.1) is 24.0 Å². The van der Waals surface area contributed by atoms with Gasteiger partial charge in [0.05, 0.1) is 0 Å². The fraction of sp³-hybridized carbons (Fsp3) is 1.00. The van der Waals surface area contributed by atoms with Crippen molar-refractivity contribution in [2.24, 2.45) is 0 Å². The standard InChI is InChI=1S/C7H14ClN.ClH/c1-6(8)7-4-2-3-5-9-7;/h6-7,9H,2-5H2,1H3;1H/t6?,7-;/m0./s1. The Labute approximate surface area is 73.9 Å². The third-order valence-electron chi connectivity index (χ3n) is 1.90. The molecule has 0 bridgehead atoms. The van der Waals surface area contributed by atoms with Crippen LogP contribution in [0, 0.1) is 0 Å². The van der Waals surface area contributed by atoms with E-state index in [1.807, 2.05) is 0 Å². The maximum Gasteiger partial charge on any atom is 0.0461 e. The Balaban J connectivity index is 0.000000810. The lowest BCUT2D eigenvalue weighted by Crippen LogP contribution is -2.39. The van der Waals surface area contributed by atoms with E-state index in [9.17, 15) is 0 Å². The molecule has 1 nitrogen and oxygen atoms in total. The number of hydrogen-bond acceptors (Lipinski definition) is 1. The number of nitrogens with one attached hydrogen (secondary N) is 1. The normalized spacial score (nSPS) is 28.8. The fourth-order valence-electron chi connectivity index (χ4n) is 1.27. The van der Waals surface area contributed by atoms with Crippen molar-refractivity contribution in [3.8, 4) is 0 Å². The van der Waals surface area contributed by atoms with E-state index in [0.717, 1.165) is 6.54 Å². The first-order chi connectivity index (χ1) is 4.30. The van der Waals surface area contributed by atoms with Crippen LogP contribution in [0.1, 0.15) is 26.2 Å². The van der Waals surface area contributed by atoms with E-state index in [-0.39, 0.29) is 12.4 Å². The summed E-state index contributed by atoms with van der Waals surface area (Å²) < 4.78 is 0. The van der Waals surface area contributed by atoms with Gasteiger partial charge in [0, 0.05) is 11.4 Å². The monoisotopic (exact) mass is 183 g/mol. The van der Waals surface area contributed by atoms with Gasteiger partial charge in [0.15, 0.2) is 0 Å². The van der Waals surface area contributed by atoms with Crippen LogP contribution in [0.5, 0.6) is 0 Å². The zero-order chi connectivity index (χ0) is 6.69. The lowest BCUT2D eigenvalue weighted by molar-refractivity contribution is 0.396. The first-order valence-corrected chi connectivity index (χ1v) is 4.12. The summed E-state index contributed by atoms with van der Waals surface area (Å²) in [6, 6.07) is 0.570. The molecule has 1 rings (SSSR count). The van der Waals surface area contributed by atoms with E-state index < -0.39 is 0 Å². The SMILES string of the molecule is CC(Cl)[C@@H]1CCCCN1.Cl. The van der Waals surface area contributed by atoms with Crippen LogP contribution in [0.15, 0.2) is 0 Å². The highest BCUT2D eigenvalue weighted by Crippen LogP contribution is 2.13. The van der Waals surface area contributed by atoms with Crippen LogP contribution in [0.3, 0.4) is 0 Å². The summed E-state index contributed by atoms with van der Waals surface area (Å²) in [5.74, 6) is 0. The average molecular weight is 184 g/mol. The third-order valence-corrected chi connectivity index (χ3v) is 2.21. The van der Waals surface area contributed by atoms with Gasteiger partial charge in [-0.3, -0.25) is 0 Å². The van der Waals surface area contributed by atoms with Gasteiger partial charge in [0.1, 0.15) is 0 Å². The van der Waals surface area contributed by atoms with Crippen molar-refractivity contribution in [3.05, 3.63) is 0 Å². The average Bonchev–Trinajstić information content (AvgIpc) is 1.90. The molecule has 10 heavy (non-hydrogen) atoms. The number of hydrogen-bond donors (Lipinski definition) is 1. The Morgan fingerprint density at radius 1 is 1.50 bits per heavy atom. The van der Waals surface area contributed by atoms with E-state index in [0.29, 0.717) is 11.4 Å². The Hall–Kier alpha value is 0.540. The zero-order valence-electron chi connectivity index (χ0n) is 6.27. The molecule has 1 N–H and O–H groups in total.